The zero-order valence-corrected chi connectivity index (χ0v) is 9.41. The lowest BCUT2D eigenvalue weighted by Crippen LogP contribution is -2.33. The van der Waals surface area contributed by atoms with Crippen molar-refractivity contribution in [2.75, 3.05) is 5.43 Å². The molecule has 0 saturated heterocycles. The van der Waals surface area contributed by atoms with Crippen molar-refractivity contribution >= 4 is 5.91 Å². The molecule has 88 valence electrons. The van der Waals surface area contributed by atoms with Crippen molar-refractivity contribution < 1.29 is 4.79 Å². The van der Waals surface area contributed by atoms with Crippen LogP contribution in [0.25, 0.3) is 0 Å². The first-order valence-corrected chi connectivity index (χ1v) is 4.93. The number of aromatic nitrogens is 4. The molecular formula is C10H11N5O2. The lowest BCUT2D eigenvalue weighted by atomic mass is 10.3. The Morgan fingerprint density at radius 3 is 2.76 bits per heavy atom. The minimum Gasteiger partial charge on any atom is -0.266 e. The molecule has 17 heavy (non-hydrogen) atoms. The Morgan fingerprint density at radius 1 is 1.41 bits per heavy atom. The summed E-state index contributed by atoms with van der Waals surface area (Å²) in [4.78, 5) is 27.2. The first-order valence-electron chi connectivity index (χ1n) is 4.93. The fourth-order valence-corrected chi connectivity index (χ4v) is 1.30. The summed E-state index contributed by atoms with van der Waals surface area (Å²) in [6.45, 7) is 1.78. The Hall–Kier alpha value is -2.44. The third kappa shape index (κ3) is 2.22. The number of carbonyl (C=O) groups is 1. The molecule has 2 heterocycles. The summed E-state index contributed by atoms with van der Waals surface area (Å²) in [6, 6.07) is 5.08. The average Bonchev–Trinajstić information content (AvgIpc) is 2.61. The molecule has 2 aromatic rings. The van der Waals surface area contributed by atoms with Crippen LogP contribution in [-0.4, -0.2) is 25.3 Å². The molecule has 0 spiro atoms. The average molecular weight is 233 g/mol. The molecule has 7 heteroatoms. The maximum atomic E-state index is 11.8. The highest BCUT2D eigenvalue weighted by atomic mass is 16.2. The zero-order chi connectivity index (χ0) is 12.4. The number of hydrogen-bond donors (Lipinski definition) is 1. The number of aryl methyl sites for hydroxylation is 2. The van der Waals surface area contributed by atoms with E-state index in [0.29, 0.717) is 0 Å². The second kappa shape index (κ2) is 4.20. The molecule has 0 radical (unpaired) electrons. The van der Waals surface area contributed by atoms with E-state index in [1.165, 1.54) is 13.4 Å². The van der Waals surface area contributed by atoms with Crippen LogP contribution in [0.5, 0.6) is 0 Å². The van der Waals surface area contributed by atoms with E-state index >= 15 is 0 Å². The molecule has 0 aliphatic carbocycles. The molecular weight excluding hydrogens is 222 g/mol. The summed E-state index contributed by atoms with van der Waals surface area (Å²) < 4.78 is 2.12. The van der Waals surface area contributed by atoms with Crippen molar-refractivity contribution in [2.45, 2.75) is 6.92 Å². The normalized spacial score (nSPS) is 10.2. The number of amides is 1. The number of nitrogens with zero attached hydrogens (tertiary/aromatic N) is 4. The van der Waals surface area contributed by atoms with Gasteiger partial charge in [-0.05, 0) is 19.1 Å². The van der Waals surface area contributed by atoms with E-state index in [2.05, 4.69) is 15.5 Å². The molecule has 2 rings (SSSR count). The Labute approximate surface area is 96.7 Å². The zero-order valence-electron chi connectivity index (χ0n) is 9.41. The highest BCUT2D eigenvalue weighted by molar-refractivity contribution is 5.98. The minimum atomic E-state index is -0.455. The molecule has 0 unspecified atom stereocenters. The number of nitrogens with one attached hydrogen (secondary N) is 1. The summed E-state index contributed by atoms with van der Waals surface area (Å²) in [5.41, 5.74) is 2.95. The lowest BCUT2D eigenvalue weighted by molar-refractivity contribution is 0.100. The minimum absolute atomic E-state index is 0.251. The fourth-order valence-electron chi connectivity index (χ4n) is 1.30. The number of carbonyl (C=O) groups excluding carboxylic acids is 1. The molecule has 7 nitrogen and oxygen atoms in total. The van der Waals surface area contributed by atoms with Crippen molar-refractivity contribution in [3.05, 3.63) is 46.4 Å². The van der Waals surface area contributed by atoms with Gasteiger partial charge in [0.05, 0.1) is 0 Å². The number of hydrogen-bond acceptors (Lipinski definition) is 4. The third-order valence-corrected chi connectivity index (χ3v) is 2.17. The molecule has 0 fully saturated rings. The van der Waals surface area contributed by atoms with Crippen LogP contribution in [0, 0.1) is 6.92 Å². The van der Waals surface area contributed by atoms with E-state index in [4.69, 9.17) is 0 Å². The van der Waals surface area contributed by atoms with Gasteiger partial charge in [-0.2, -0.15) is 9.77 Å². The molecule has 0 aliphatic rings. The number of pyridine rings is 1. The summed E-state index contributed by atoms with van der Waals surface area (Å²) in [5.74, 6) is -0.455. The first kappa shape index (κ1) is 11.1. The topological polar surface area (TPSA) is 81.8 Å². The molecule has 0 atom stereocenters. The Balaban J connectivity index is 2.23. The van der Waals surface area contributed by atoms with Gasteiger partial charge in [0.15, 0.2) is 0 Å². The molecule has 2 aromatic heterocycles. The van der Waals surface area contributed by atoms with E-state index in [1.54, 1.807) is 25.1 Å². The van der Waals surface area contributed by atoms with Gasteiger partial charge in [-0.1, -0.05) is 6.07 Å². The van der Waals surface area contributed by atoms with E-state index in [1.807, 2.05) is 0 Å². The third-order valence-electron chi connectivity index (χ3n) is 2.17. The Kier molecular flexibility index (Phi) is 2.73. The Bertz CT molecular complexity index is 613. The second-order valence-electron chi connectivity index (χ2n) is 3.51. The quantitative estimate of drug-likeness (QED) is 0.770. The van der Waals surface area contributed by atoms with Gasteiger partial charge in [-0.25, -0.2) is 14.5 Å². The molecule has 0 aromatic carbocycles. The van der Waals surface area contributed by atoms with Gasteiger partial charge in [0.2, 0.25) is 0 Å². The van der Waals surface area contributed by atoms with Crippen LogP contribution in [0.2, 0.25) is 0 Å². The van der Waals surface area contributed by atoms with Crippen molar-refractivity contribution in [2.24, 2.45) is 7.05 Å². The molecule has 0 aliphatic heterocycles. The van der Waals surface area contributed by atoms with Crippen molar-refractivity contribution in [1.82, 2.24) is 19.4 Å². The largest absolute Gasteiger partial charge is 0.364 e. The van der Waals surface area contributed by atoms with Gasteiger partial charge in [0, 0.05) is 12.7 Å². The van der Waals surface area contributed by atoms with E-state index in [-0.39, 0.29) is 5.69 Å². The van der Waals surface area contributed by atoms with E-state index < -0.39 is 11.6 Å². The first-order chi connectivity index (χ1) is 8.08. The van der Waals surface area contributed by atoms with Crippen LogP contribution in [0.4, 0.5) is 0 Å². The highest BCUT2D eigenvalue weighted by Crippen LogP contribution is 1.98. The second-order valence-corrected chi connectivity index (χ2v) is 3.51. The van der Waals surface area contributed by atoms with Gasteiger partial charge < -0.3 is 0 Å². The predicted molar refractivity (Wildman–Crippen MR) is 60.1 cm³/mol. The van der Waals surface area contributed by atoms with Crippen LogP contribution >= 0.6 is 0 Å². The van der Waals surface area contributed by atoms with Crippen molar-refractivity contribution in [3.8, 4) is 0 Å². The van der Waals surface area contributed by atoms with Crippen LogP contribution in [0.3, 0.4) is 0 Å². The highest BCUT2D eigenvalue weighted by Gasteiger charge is 2.09. The maximum Gasteiger partial charge on any atom is 0.364 e. The van der Waals surface area contributed by atoms with Gasteiger partial charge in [0.1, 0.15) is 12.0 Å². The molecule has 1 amide bonds. The smallest absolute Gasteiger partial charge is 0.266 e. The van der Waals surface area contributed by atoms with Gasteiger partial charge in [-0.3, -0.25) is 10.2 Å². The monoisotopic (exact) mass is 233 g/mol. The summed E-state index contributed by atoms with van der Waals surface area (Å²) in [5, 5.41) is 3.71. The molecule has 0 saturated carbocycles. The lowest BCUT2D eigenvalue weighted by Gasteiger charge is -2.03. The van der Waals surface area contributed by atoms with Crippen molar-refractivity contribution in [3.63, 3.8) is 0 Å². The van der Waals surface area contributed by atoms with E-state index in [9.17, 15) is 9.59 Å². The fraction of sp³-hybridized carbons (Fsp3) is 0.200. The summed E-state index contributed by atoms with van der Waals surface area (Å²) >= 11 is 0. The van der Waals surface area contributed by atoms with Crippen LogP contribution in [0.15, 0.2) is 29.3 Å². The maximum absolute atomic E-state index is 11.8. The van der Waals surface area contributed by atoms with Gasteiger partial charge in [0.25, 0.3) is 5.91 Å². The SMILES string of the molecule is Cc1cccc(C(=O)Nn2cnn(C)c2=O)n1. The van der Waals surface area contributed by atoms with Crippen LogP contribution < -0.4 is 11.1 Å². The summed E-state index contributed by atoms with van der Waals surface area (Å²) in [6.07, 6.45) is 1.23. The Morgan fingerprint density at radius 2 is 2.18 bits per heavy atom. The predicted octanol–water partition coefficient (Wildman–Crippen LogP) is -0.331. The number of rotatable bonds is 2. The van der Waals surface area contributed by atoms with Gasteiger partial charge >= 0.3 is 5.69 Å². The summed E-state index contributed by atoms with van der Waals surface area (Å²) in [7, 11) is 1.50. The van der Waals surface area contributed by atoms with Gasteiger partial charge in [-0.15, -0.1) is 0 Å². The molecule has 0 bridgehead atoms. The van der Waals surface area contributed by atoms with Crippen LogP contribution in [-0.2, 0) is 7.05 Å². The standard InChI is InChI=1S/C10H11N5O2/c1-7-4-3-5-8(12-7)9(16)13-15-6-11-14(2)10(15)17/h3-6H,1-2H3,(H,13,16). The van der Waals surface area contributed by atoms with Crippen molar-refractivity contribution in [1.29, 1.82) is 0 Å². The van der Waals surface area contributed by atoms with E-state index in [0.717, 1.165) is 15.1 Å². The molecule has 1 N–H and O–H groups in total. The van der Waals surface area contributed by atoms with Crippen LogP contribution in [0.1, 0.15) is 16.2 Å².